The highest BCUT2D eigenvalue weighted by Crippen LogP contribution is 2.22. The van der Waals surface area contributed by atoms with Crippen molar-refractivity contribution in [3.05, 3.63) is 34.3 Å². The molecule has 0 bridgehead atoms. The van der Waals surface area contributed by atoms with Gasteiger partial charge in [-0.25, -0.2) is 0 Å². The number of nitrogens with two attached hydrogens (primary N) is 1. The molecular weight excluding hydrogens is 278 g/mol. The van der Waals surface area contributed by atoms with Crippen LogP contribution in [-0.2, 0) is 11.3 Å². The average molecular weight is 298 g/mol. The second kappa shape index (κ2) is 6.43. The van der Waals surface area contributed by atoms with Gasteiger partial charge in [0.2, 0.25) is 0 Å². The molecule has 1 unspecified atom stereocenters. The van der Waals surface area contributed by atoms with Crippen molar-refractivity contribution in [1.29, 1.82) is 0 Å². The normalized spacial score (nSPS) is 23.8. The number of nitrogens with zero attached hydrogens (tertiary/aromatic N) is 1. The fraction of sp³-hybridized carbons (Fsp3) is 0.500. The Morgan fingerprint density at radius 1 is 1.60 bits per heavy atom. The van der Waals surface area contributed by atoms with Crippen LogP contribution < -0.4 is 11.1 Å². The van der Waals surface area contributed by atoms with Crippen molar-refractivity contribution in [3.8, 4) is 0 Å². The molecule has 1 saturated heterocycles. The molecule has 2 rings (SSSR count). The first-order valence-corrected chi connectivity index (χ1v) is 7.01. The van der Waals surface area contributed by atoms with Crippen LogP contribution in [-0.4, -0.2) is 29.8 Å². The molecule has 6 heteroatoms. The largest absolute Gasteiger partial charge is 0.409 e. The summed E-state index contributed by atoms with van der Waals surface area (Å²) in [5, 5.41) is 15.7. The van der Waals surface area contributed by atoms with Crippen molar-refractivity contribution in [1.82, 2.24) is 5.32 Å². The van der Waals surface area contributed by atoms with Crippen molar-refractivity contribution in [2.75, 3.05) is 13.2 Å². The quantitative estimate of drug-likeness (QED) is 0.344. The lowest BCUT2D eigenvalue weighted by Crippen LogP contribution is -2.48. The smallest absolute Gasteiger partial charge is 0.170 e. The molecule has 20 heavy (non-hydrogen) atoms. The van der Waals surface area contributed by atoms with Crippen LogP contribution in [0.3, 0.4) is 0 Å². The maximum atomic E-state index is 8.65. The lowest BCUT2D eigenvalue weighted by molar-refractivity contribution is 0.0278. The van der Waals surface area contributed by atoms with Gasteiger partial charge in [0, 0.05) is 29.3 Å². The minimum absolute atomic E-state index is 0.00810. The zero-order chi connectivity index (χ0) is 14.6. The number of nitrogens with one attached hydrogen (secondary N) is 1. The standard InChI is InChI=1S/C14H20ClN3O2/c1-14(5-2-6-20-9-14)17-8-11-4-3-10(7-12(11)15)13(16)18-19/h3-4,7,17,19H,2,5-6,8-9H2,1H3,(H2,16,18). The Hall–Kier alpha value is -1.30. The number of hydrogen-bond acceptors (Lipinski definition) is 4. The number of hydrogen-bond donors (Lipinski definition) is 3. The summed E-state index contributed by atoms with van der Waals surface area (Å²) in [6, 6.07) is 5.38. The maximum Gasteiger partial charge on any atom is 0.170 e. The summed E-state index contributed by atoms with van der Waals surface area (Å²) in [5.74, 6) is 0.0547. The SMILES string of the molecule is CC1(NCc2ccc(/C(N)=N/O)cc2Cl)CCCOC1. The third-order valence-corrected chi connectivity index (χ3v) is 3.95. The van der Waals surface area contributed by atoms with E-state index in [0.717, 1.165) is 25.0 Å². The van der Waals surface area contributed by atoms with Gasteiger partial charge in [0.1, 0.15) is 0 Å². The predicted octanol–water partition coefficient (Wildman–Crippen LogP) is 2.09. The number of rotatable bonds is 4. The Morgan fingerprint density at radius 2 is 2.40 bits per heavy atom. The van der Waals surface area contributed by atoms with Gasteiger partial charge in [0.15, 0.2) is 5.84 Å². The number of oxime groups is 1. The Morgan fingerprint density at radius 3 is 3.00 bits per heavy atom. The van der Waals surface area contributed by atoms with Gasteiger partial charge in [-0.2, -0.15) is 0 Å². The molecule has 1 atom stereocenters. The molecule has 0 amide bonds. The summed E-state index contributed by atoms with van der Waals surface area (Å²) in [4.78, 5) is 0. The Bertz CT molecular complexity index is 499. The first-order valence-electron chi connectivity index (χ1n) is 6.63. The summed E-state index contributed by atoms with van der Waals surface area (Å²) >= 11 is 6.23. The van der Waals surface area contributed by atoms with Crippen LogP contribution in [0.25, 0.3) is 0 Å². The molecule has 5 nitrogen and oxygen atoms in total. The Labute approximate surface area is 123 Å². The van der Waals surface area contributed by atoms with E-state index < -0.39 is 0 Å². The van der Waals surface area contributed by atoms with Crippen molar-refractivity contribution in [2.24, 2.45) is 10.9 Å². The fourth-order valence-electron chi connectivity index (χ4n) is 2.29. The van der Waals surface area contributed by atoms with Gasteiger partial charge in [-0.05, 0) is 31.4 Å². The lowest BCUT2D eigenvalue weighted by Gasteiger charge is -2.34. The highest BCUT2D eigenvalue weighted by atomic mass is 35.5. The van der Waals surface area contributed by atoms with E-state index in [1.54, 1.807) is 12.1 Å². The van der Waals surface area contributed by atoms with Gasteiger partial charge in [-0.3, -0.25) is 0 Å². The first kappa shape index (κ1) is 15.1. The Kier molecular flexibility index (Phi) is 4.86. The average Bonchev–Trinajstić information content (AvgIpc) is 2.46. The van der Waals surface area contributed by atoms with Crippen molar-refractivity contribution in [3.63, 3.8) is 0 Å². The van der Waals surface area contributed by atoms with Gasteiger partial charge < -0.3 is 21.0 Å². The molecule has 1 aliphatic heterocycles. The van der Waals surface area contributed by atoms with Crippen LogP contribution >= 0.6 is 11.6 Å². The predicted molar refractivity (Wildman–Crippen MR) is 79.3 cm³/mol. The van der Waals surface area contributed by atoms with E-state index in [4.69, 9.17) is 27.3 Å². The number of benzene rings is 1. The molecule has 0 aliphatic carbocycles. The van der Waals surface area contributed by atoms with Crippen LogP contribution in [0.5, 0.6) is 0 Å². The molecule has 1 aliphatic rings. The van der Waals surface area contributed by atoms with Crippen molar-refractivity contribution in [2.45, 2.75) is 31.8 Å². The molecule has 0 saturated carbocycles. The van der Waals surface area contributed by atoms with Crippen LogP contribution in [0.1, 0.15) is 30.9 Å². The van der Waals surface area contributed by atoms with Gasteiger partial charge >= 0.3 is 0 Å². The summed E-state index contributed by atoms with van der Waals surface area (Å²) in [6.45, 7) is 4.37. The first-order chi connectivity index (χ1) is 9.54. The molecule has 0 aromatic heterocycles. The molecule has 0 spiro atoms. The molecule has 110 valence electrons. The van der Waals surface area contributed by atoms with E-state index in [9.17, 15) is 0 Å². The highest BCUT2D eigenvalue weighted by Gasteiger charge is 2.26. The van der Waals surface area contributed by atoms with E-state index in [1.807, 2.05) is 6.07 Å². The Balaban J connectivity index is 2.03. The molecule has 1 aromatic rings. The number of halogens is 1. The van der Waals surface area contributed by atoms with E-state index in [-0.39, 0.29) is 11.4 Å². The summed E-state index contributed by atoms with van der Waals surface area (Å²) in [6.07, 6.45) is 2.16. The monoisotopic (exact) mass is 297 g/mol. The van der Waals surface area contributed by atoms with Crippen LogP contribution in [0, 0.1) is 0 Å². The maximum absolute atomic E-state index is 8.65. The molecule has 4 N–H and O–H groups in total. The van der Waals surface area contributed by atoms with E-state index >= 15 is 0 Å². The molecular formula is C14H20ClN3O2. The molecule has 1 fully saturated rings. The highest BCUT2D eigenvalue weighted by molar-refractivity contribution is 6.31. The van der Waals surface area contributed by atoms with Gasteiger partial charge in [0.25, 0.3) is 0 Å². The van der Waals surface area contributed by atoms with Crippen molar-refractivity contribution < 1.29 is 9.94 Å². The summed E-state index contributed by atoms with van der Waals surface area (Å²) < 4.78 is 5.51. The molecule has 1 heterocycles. The minimum Gasteiger partial charge on any atom is -0.409 e. The van der Waals surface area contributed by atoms with E-state index in [0.29, 0.717) is 23.7 Å². The molecule has 1 aromatic carbocycles. The van der Waals surface area contributed by atoms with E-state index in [2.05, 4.69) is 17.4 Å². The van der Waals surface area contributed by atoms with Gasteiger partial charge in [-0.15, -0.1) is 0 Å². The topological polar surface area (TPSA) is 79.9 Å². The number of ether oxygens (including phenoxy) is 1. The van der Waals surface area contributed by atoms with Crippen LogP contribution in [0.2, 0.25) is 5.02 Å². The third kappa shape index (κ3) is 3.62. The van der Waals surface area contributed by atoms with Crippen molar-refractivity contribution >= 4 is 17.4 Å². The summed E-state index contributed by atoms with van der Waals surface area (Å²) in [5.41, 5.74) is 7.11. The van der Waals surface area contributed by atoms with E-state index in [1.165, 1.54) is 0 Å². The number of amidine groups is 1. The second-order valence-corrected chi connectivity index (χ2v) is 5.77. The zero-order valence-electron chi connectivity index (χ0n) is 11.5. The fourth-order valence-corrected chi connectivity index (χ4v) is 2.54. The zero-order valence-corrected chi connectivity index (χ0v) is 12.3. The summed E-state index contributed by atoms with van der Waals surface area (Å²) in [7, 11) is 0. The minimum atomic E-state index is -0.00810. The van der Waals surface area contributed by atoms with Gasteiger partial charge in [0.05, 0.1) is 6.61 Å². The second-order valence-electron chi connectivity index (χ2n) is 5.36. The molecule has 0 radical (unpaired) electrons. The van der Waals surface area contributed by atoms with Crippen LogP contribution in [0.15, 0.2) is 23.4 Å². The van der Waals surface area contributed by atoms with Crippen LogP contribution in [0.4, 0.5) is 0 Å². The third-order valence-electron chi connectivity index (χ3n) is 3.60. The van der Waals surface area contributed by atoms with Gasteiger partial charge in [-0.1, -0.05) is 28.9 Å². The lowest BCUT2D eigenvalue weighted by atomic mass is 9.94.